The van der Waals surface area contributed by atoms with E-state index in [1.54, 1.807) is 164 Å². The average Bonchev–Trinajstić information content (AvgIpc) is 1.18. The van der Waals surface area contributed by atoms with Crippen LogP contribution in [-0.2, 0) is 47.8 Å². The molecule has 8 aromatic carbocycles. The molecule has 8 heterocycles. The molecule has 24 nitrogen and oxygen atoms in total. The van der Waals surface area contributed by atoms with E-state index in [2.05, 4.69) is 55.3 Å². The Bertz CT molecular complexity index is 6780. The molecule has 0 aliphatic rings. The smallest absolute Gasteiger partial charge is 0.453 e. The van der Waals surface area contributed by atoms with Gasteiger partial charge in [0.25, 0.3) is 22.2 Å². The number of rotatable bonds is 23. The minimum Gasteiger partial charge on any atom is -0.453 e. The first kappa shape index (κ1) is 94.3. The van der Waals surface area contributed by atoms with Crippen molar-refractivity contribution in [3.05, 3.63) is 371 Å². The van der Waals surface area contributed by atoms with Crippen molar-refractivity contribution in [2.75, 3.05) is 16.0 Å². The summed E-state index contributed by atoms with van der Waals surface area (Å²) in [5, 5.41) is 28.0. The number of pyridine rings is 4. The third-order valence-corrected chi connectivity index (χ3v) is 19.8. The van der Waals surface area contributed by atoms with E-state index >= 15 is 0 Å². The van der Waals surface area contributed by atoms with E-state index in [0.29, 0.717) is 102 Å². The number of alkyl halides is 12. The van der Waals surface area contributed by atoms with Gasteiger partial charge in [0.2, 0.25) is 0 Å². The van der Waals surface area contributed by atoms with Crippen LogP contribution in [0, 0.1) is 11.6 Å². The molecule has 0 unspecified atom stereocenters. The number of hydrogen-bond acceptors (Lipinski definition) is 16. The lowest BCUT2D eigenvalue weighted by atomic mass is 10.1. The molecule has 16 rings (SSSR count). The first-order chi connectivity index (χ1) is 62.6. The molecular weight excluding hydrogens is 1820 g/mol. The van der Waals surface area contributed by atoms with Crippen molar-refractivity contribution in [2.24, 2.45) is 28.2 Å². The van der Waals surface area contributed by atoms with E-state index in [1.165, 1.54) is 128 Å². The number of nitrogens with zero attached hydrogens (tertiary/aromatic N) is 12. The highest BCUT2D eigenvalue weighted by Gasteiger charge is 2.34. The normalized spacial score (nSPS) is 11.4. The highest BCUT2D eigenvalue weighted by molar-refractivity contribution is 6.35. The Morgan fingerprint density at radius 2 is 0.629 bits per heavy atom. The molecule has 0 bridgehead atoms. The van der Waals surface area contributed by atoms with Gasteiger partial charge in [0, 0.05) is 221 Å². The van der Waals surface area contributed by atoms with Crippen molar-refractivity contribution in [2.45, 2.75) is 45.1 Å². The van der Waals surface area contributed by atoms with Gasteiger partial charge in [0.15, 0.2) is 11.6 Å². The first-order valence-electron chi connectivity index (χ1n) is 38.7. The van der Waals surface area contributed by atoms with Crippen LogP contribution in [0.3, 0.4) is 0 Å². The number of ether oxygens (including phenoxy) is 5. The molecule has 8 aromatic heterocycles. The first-order valence-corrected chi connectivity index (χ1v) is 39.8. The SMILES string of the molecule is Cn1cc(-c2cn(-c3ccc(OC(F)(F)F)cc3)c(=O)cc2NCc2ccc(Cl)cc2)cn1.Cn1cc(-c2cn(-c3ccc(OC(F)(F)F)cc3)c(=O)cc2NCc2ccc(Cl)cc2Cl)cn1.Cn1cc(-c2cn(-c3ccc(OC(F)(F)F)cc3)c(=O)cc2NCc2ccc(F)cc2)cn1.Cn1cc(-c2cn(-c3ccc(OC(F)(F)F)cc3)c(=O)cc2Oc2ccccc2F)cn1. The average molecular weight is 1890 g/mol. The van der Waals surface area contributed by atoms with E-state index in [1.807, 2.05) is 12.1 Å². The van der Waals surface area contributed by atoms with E-state index in [0.717, 1.165) is 81.9 Å². The van der Waals surface area contributed by atoms with Gasteiger partial charge >= 0.3 is 25.4 Å². The Balaban J connectivity index is 0.000000150. The van der Waals surface area contributed by atoms with Crippen molar-refractivity contribution in [3.63, 3.8) is 0 Å². The molecule has 0 saturated heterocycles. The van der Waals surface area contributed by atoms with Gasteiger partial charge in [-0.1, -0.05) is 77.3 Å². The number of aromatic nitrogens is 12. The maximum atomic E-state index is 14.1. The lowest BCUT2D eigenvalue weighted by Crippen LogP contribution is -2.19. The second-order valence-corrected chi connectivity index (χ2v) is 29.8. The van der Waals surface area contributed by atoms with Gasteiger partial charge in [-0.05, 0) is 162 Å². The zero-order valence-electron chi connectivity index (χ0n) is 68.7. The number of nitrogens with one attached hydrogen (secondary N) is 3. The van der Waals surface area contributed by atoms with Crippen LogP contribution in [0.15, 0.2) is 306 Å². The molecule has 132 heavy (non-hydrogen) atoms. The van der Waals surface area contributed by atoms with Crippen LogP contribution >= 0.6 is 34.8 Å². The molecule has 3 N–H and O–H groups in total. The quantitative estimate of drug-likeness (QED) is 0.0504. The largest absolute Gasteiger partial charge is 0.573 e. The number of hydrogen-bond donors (Lipinski definition) is 3. The molecule has 680 valence electrons. The fourth-order valence-corrected chi connectivity index (χ4v) is 13.5. The molecule has 0 radical (unpaired) electrons. The van der Waals surface area contributed by atoms with Gasteiger partial charge in [-0.3, -0.25) is 56.2 Å². The fraction of sp³-hybridized carbons (Fsp3) is 0.121. The van der Waals surface area contributed by atoms with Gasteiger partial charge in [-0.25, -0.2) is 8.78 Å². The summed E-state index contributed by atoms with van der Waals surface area (Å²) < 4.78 is 209. The number of para-hydroxylation sites is 1. The van der Waals surface area contributed by atoms with Crippen molar-refractivity contribution >= 4 is 51.9 Å². The topological polar surface area (TPSA) is 242 Å². The monoisotopic (exact) mass is 1890 g/mol. The minimum absolute atomic E-state index is 0.0663. The van der Waals surface area contributed by atoms with Crippen LogP contribution in [0.25, 0.3) is 67.3 Å². The molecule has 0 aliphatic heterocycles. The van der Waals surface area contributed by atoms with Gasteiger partial charge in [0.1, 0.15) is 34.6 Å². The maximum Gasteiger partial charge on any atom is 0.573 e. The predicted molar refractivity (Wildman–Crippen MR) is 466 cm³/mol. The Morgan fingerprint density at radius 3 is 0.947 bits per heavy atom. The van der Waals surface area contributed by atoms with Gasteiger partial charge in [0.05, 0.1) is 24.8 Å². The molecule has 0 atom stereocenters. The van der Waals surface area contributed by atoms with E-state index < -0.39 is 48.1 Å². The Kier molecular flexibility index (Phi) is 29.0. The highest BCUT2D eigenvalue weighted by atomic mass is 35.5. The summed E-state index contributed by atoms with van der Waals surface area (Å²) in [7, 11) is 7.00. The number of halogens is 17. The summed E-state index contributed by atoms with van der Waals surface area (Å²) in [6.45, 7) is 1.13. The lowest BCUT2D eigenvalue weighted by molar-refractivity contribution is -0.275. The summed E-state index contributed by atoms with van der Waals surface area (Å²) in [5.41, 5.74) is 9.25. The third kappa shape index (κ3) is 25.8. The standard InChI is InChI=1S/C23H17Cl2F3N4O2.C23H18ClF3N4O2.C23H18F4N4O2.C22H15F4N3O3/c1-31-12-15(11-30-31)19-13-32(17-4-6-18(7-5-17)34-23(26,27)28)22(33)9-21(19)29-10-14-2-3-16(24)8-20(14)25;2*1-30-13-16(12-29-30)20-14-31(18-6-8-19(9-7-18)33-23(25,26)27)22(32)10-21(20)28-11-15-2-4-17(24)5-3-15;1-28-12-14(11-27-28)17-13-29(15-6-8-16(9-7-15)32-22(24,25)26)21(30)10-20(17)31-19-5-3-2-4-18(19)23/h2-9,11-13,29H,10H2,1H3;2*2-10,12-14,28H,11H2,1H3;2-13H,1H3. The summed E-state index contributed by atoms with van der Waals surface area (Å²) in [5.74, 6) is -2.46. The third-order valence-electron chi connectivity index (χ3n) is 19.0. The van der Waals surface area contributed by atoms with Crippen molar-refractivity contribution in [1.29, 1.82) is 0 Å². The van der Waals surface area contributed by atoms with E-state index in [-0.39, 0.29) is 45.7 Å². The van der Waals surface area contributed by atoms with Crippen molar-refractivity contribution < 1.29 is 85.2 Å². The second-order valence-electron chi connectivity index (χ2n) is 28.5. The predicted octanol–water partition coefficient (Wildman–Crippen LogP) is 21.4. The van der Waals surface area contributed by atoms with Crippen LogP contribution < -0.4 is 61.9 Å². The molecule has 0 amide bonds. The zero-order chi connectivity index (χ0) is 94.5. The van der Waals surface area contributed by atoms with Gasteiger partial charge < -0.3 is 39.6 Å². The Hall–Kier alpha value is -15.3. The molecule has 0 saturated carbocycles. The summed E-state index contributed by atoms with van der Waals surface area (Å²) in [6.07, 6.45) is 0.579. The highest BCUT2D eigenvalue weighted by Crippen LogP contribution is 2.38. The van der Waals surface area contributed by atoms with Crippen molar-refractivity contribution in [3.8, 4) is 102 Å². The van der Waals surface area contributed by atoms with E-state index in [9.17, 15) is 80.6 Å². The molecule has 16 aromatic rings. The number of benzene rings is 8. The summed E-state index contributed by atoms with van der Waals surface area (Å²) >= 11 is 18.2. The van der Waals surface area contributed by atoms with Crippen LogP contribution in [0.2, 0.25) is 15.1 Å². The molecule has 0 aliphatic carbocycles. The van der Waals surface area contributed by atoms with Crippen molar-refractivity contribution in [1.82, 2.24) is 57.4 Å². The van der Waals surface area contributed by atoms with Crippen LogP contribution in [0.4, 0.5) is 78.5 Å². The zero-order valence-corrected chi connectivity index (χ0v) is 71.0. The number of aryl methyl sites for hydroxylation is 4. The van der Waals surface area contributed by atoms with Crippen LogP contribution in [0.5, 0.6) is 34.5 Å². The molecule has 0 fully saturated rings. The second kappa shape index (κ2) is 40.6. The fourth-order valence-electron chi connectivity index (χ4n) is 12.9. The van der Waals surface area contributed by atoms with Gasteiger partial charge in [-0.15, -0.1) is 52.7 Å². The number of anilines is 3. The summed E-state index contributed by atoms with van der Waals surface area (Å²) in [6, 6.07) is 49.6. The van der Waals surface area contributed by atoms with E-state index in [4.69, 9.17) is 39.5 Å². The Morgan fingerprint density at radius 1 is 0.326 bits per heavy atom. The molecule has 41 heteroatoms. The molecule has 0 spiro atoms. The lowest BCUT2D eigenvalue weighted by Gasteiger charge is -2.15. The van der Waals surface area contributed by atoms with Gasteiger partial charge in [-0.2, -0.15) is 20.4 Å². The summed E-state index contributed by atoms with van der Waals surface area (Å²) in [4.78, 5) is 51.4. The Labute approximate surface area is 753 Å². The van der Waals surface area contributed by atoms with Crippen LogP contribution in [-0.4, -0.2) is 82.8 Å². The maximum absolute atomic E-state index is 14.1. The minimum atomic E-state index is -4.82. The molecular formula is C91H68Cl3F14N15O9. The van der Waals surface area contributed by atoms with Crippen LogP contribution in [0.1, 0.15) is 16.7 Å².